The van der Waals surface area contributed by atoms with Crippen molar-refractivity contribution in [1.29, 1.82) is 0 Å². The first-order chi connectivity index (χ1) is 14.5. The summed E-state index contributed by atoms with van der Waals surface area (Å²) in [6, 6.07) is -0.453. The van der Waals surface area contributed by atoms with Crippen molar-refractivity contribution in [2.45, 2.75) is 36.8 Å². The predicted octanol–water partition coefficient (Wildman–Crippen LogP) is 1.37. The van der Waals surface area contributed by atoms with E-state index >= 15 is 0 Å². The van der Waals surface area contributed by atoms with Crippen LogP contribution in [-0.4, -0.2) is 67.0 Å². The third-order valence-electron chi connectivity index (χ3n) is 5.41. The monoisotopic (exact) mass is 427 g/mol. The van der Waals surface area contributed by atoms with Gasteiger partial charge in [-0.25, -0.2) is 9.98 Å². The van der Waals surface area contributed by atoms with Gasteiger partial charge in [0.25, 0.3) is 0 Å². The van der Waals surface area contributed by atoms with Crippen LogP contribution in [-0.2, 0) is 0 Å². The molecule has 3 aliphatic rings. The quantitative estimate of drug-likeness (QED) is 0.327. The van der Waals surface area contributed by atoms with Crippen molar-refractivity contribution in [3.63, 3.8) is 0 Å². The fourth-order valence-electron chi connectivity index (χ4n) is 3.83. The second-order valence-electron chi connectivity index (χ2n) is 7.47. The number of nitrogens with zero attached hydrogens (tertiary/aromatic N) is 3. The van der Waals surface area contributed by atoms with Gasteiger partial charge < -0.3 is 26.0 Å². The molecule has 4 rings (SSSR count). The average Bonchev–Trinajstić information content (AvgIpc) is 3.28. The van der Waals surface area contributed by atoms with E-state index in [9.17, 15) is 15.3 Å². The zero-order chi connectivity index (χ0) is 21.3. The molecule has 0 spiro atoms. The zero-order valence-corrected chi connectivity index (χ0v) is 17.4. The Bertz CT molecular complexity index is 970. The van der Waals surface area contributed by atoms with Crippen LogP contribution in [0.2, 0.25) is 0 Å². The Morgan fingerprint density at radius 3 is 2.87 bits per heavy atom. The lowest BCUT2D eigenvalue weighted by atomic mass is 10.1. The topological polar surface area (TPSA) is 123 Å². The van der Waals surface area contributed by atoms with Crippen molar-refractivity contribution >= 4 is 28.6 Å². The third kappa shape index (κ3) is 3.95. The number of anilines is 2. The molecule has 0 aromatic carbocycles. The standard InChI is InChI=1S/C21H25N5O3S/c1-3-8-22-21-23-11(2)16(20-25-13-6-4-5-7-15(13)30-20)19(26-21)24-14-9-12(10-27)17(28)18(14)29/h3-5,7,12,14-15,17-18,27-29H,1,8-10H2,2H3,(H2,22,23,24,26)/t12-,14-,15?,17-,18+/m1/s1. The Balaban J connectivity index is 1.70. The number of aliphatic hydroxyl groups excluding tert-OH is 3. The van der Waals surface area contributed by atoms with E-state index in [-0.39, 0.29) is 17.8 Å². The van der Waals surface area contributed by atoms with E-state index in [1.54, 1.807) is 17.8 Å². The van der Waals surface area contributed by atoms with E-state index in [1.165, 1.54) is 0 Å². The second kappa shape index (κ2) is 8.75. The summed E-state index contributed by atoms with van der Waals surface area (Å²) in [6.45, 7) is 5.92. The number of aryl methyl sites for hydroxylation is 1. The molecular formula is C21H25N5O3S. The molecule has 0 saturated heterocycles. The minimum Gasteiger partial charge on any atom is -0.396 e. The van der Waals surface area contributed by atoms with Crippen molar-refractivity contribution in [2.24, 2.45) is 10.9 Å². The van der Waals surface area contributed by atoms with Crippen LogP contribution in [0.1, 0.15) is 17.7 Å². The van der Waals surface area contributed by atoms with E-state index in [0.717, 1.165) is 22.0 Å². The first kappa shape index (κ1) is 20.8. The smallest absolute Gasteiger partial charge is 0.225 e. The molecule has 2 heterocycles. The third-order valence-corrected chi connectivity index (χ3v) is 6.56. The molecule has 1 unspecified atom stereocenters. The molecule has 1 aliphatic heterocycles. The van der Waals surface area contributed by atoms with Gasteiger partial charge >= 0.3 is 0 Å². The van der Waals surface area contributed by atoms with Gasteiger partial charge in [-0.15, -0.1) is 6.58 Å². The SMILES string of the molecule is C=CCNc1nc(C)c(C2=NC3=C=CC=CC3S2)c(N[C@@H]2C[C@H](CO)[C@@H](O)[C@H]2O)n1. The fourth-order valence-corrected chi connectivity index (χ4v) is 4.98. The summed E-state index contributed by atoms with van der Waals surface area (Å²) < 4.78 is 0. The average molecular weight is 428 g/mol. The summed E-state index contributed by atoms with van der Waals surface area (Å²) in [4.78, 5) is 13.9. The zero-order valence-electron chi connectivity index (χ0n) is 16.6. The van der Waals surface area contributed by atoms with Crippen LogP contribution in [0.25, 0.3) is 0 Å². The highest BCUT2D eigenvalue weighted by atomic mass is 32.2. The lowest BCUT2D eigenvalue weighted by Gasteiger charge is -2.21. The molecule has 0 bridgehead atoms. The normalized spacial score (nSPS) is 29.4. The number of hydrogen-bond donors (Lipinski definition) is 5. The molecular weight excluding hydrogens is 402 g/mol. The van der Waals surface area contributed by atoms with Crippen LogP contribution in [0, 0.1) is 12.8 Å². The van der Waals surface area contributed by atoms with E-state index < -0.39 is 18.2 Å². The summed E-state index contributed by atoms with van der Waals surface area (Å²) in [5.41, 5.74) is 5.52. The van der Waals surface area contributed by atoms with Crippen LogP contribution in [0.5, 0.6) is 0 Å². The summed E-state index contributed by atoms with van der Waals surface area (Å²) in [5.74, 6) is 0.580. The maximum Gasteiger partial charge on any atom is 0.225 e. The molecule has 8 nitrogen and oxygen atoms in total. The number of aliphatic hydroxyl groups is 3. The molecule has 1 aromatic heterocycles. The highest BCUT2D eigenvalue weighted by molar-refractivity contribution is 8.15. The highest BCUT2D eigenvalue weighted by Crippen LogP contribution is 2.38. The molecule has 2 aliphatic carbocycles. The summed E-state index contributed by atoms with van der Waals surface area (Å²) in [5, 5.41) is 37.4. The maximum absolute atomic E-state index is 10.5. The Morgan fingerprint density at radius 2 is 2.17 bits per heavy atom. The Hall–Kier alpha value is -2.42. The highest BCUT2D eigenvalue weighted by Gasteiger charge is 2.42. The molecule has 1 fully saturated rings. The van der Waals surface area contributed by atoms with Crippen LogP contribution in [0.15, 0.2) is 47.3 Å². The van der Waals surface area contributed by atoms with Gasteiger partial charge in [-0.1, -0.05) is 35.7 Å². The molecule has 0 radical (unpaired) electrons. The van der Waals surface area contributed by atoms with Crippen LogP contribution in [0.3, 0.4) is 0 Å². The number of aromatic nitrogens is 2. The number of rotatable bonds is 7. The first-order valence-electron chi connectivity index (χ1n) is 9.87. The summed E-state index contributed by atoms with van der Waals surface area (Å²) in [6.07, 6.45) is 6.01. The maximum atomic E-state index is 10.5. The number of thioether (sulfide) groups is 1. The molecule has 30 heavy (non-hydrogen) atoms. The molecule has 9 heteroatoms. The van der Waals surface area contributed by atoms with Gasteiger partial charge in [0.05, 0.1) is 28.7 Å². The number of fused-ring (bicyclic) bond motifs is 1. The Labute approximate surface area is 179 Å². The lowest BCUT2D eigenvalue weighted by Crippen LogP contribution is -2.36. The van der Waals surface area contributed by atoms with Gasteiger partial charge in [0.15, 0.2) is 0 Å². The molecule has 1 aromatic rings. The lowest BCUT2D eigenvalue weighted by molar-refractivity contribution is 0.00445. The first-order valence-corrected chi connectivity index (χ1v) is 10.8. The van der Waals surface area contributed by atoms with Gasteiger partial charge in [0, 0.05) is 19.1 Å². The van der Waals surface area contributed by atoms with E-state index in [2.05, 4.69) is 39.0 Å². The molecule has 5 N–H and O–H groups in total. The van der Waals surface area contributed by atoms with Gasteiger partial charge in [-0.3, -0.25) is 0 Å². The van der Waals surface area contributed by atoms with Gasteiger partial charge in [-0.2, -0.15) is 4.98 Å². The van der Waals surface area contributed by atoms with Crippen LogP contribution >= 0.6 is 11.8 Å². The fraction of sp³-hybridized carbons (Fsp3) is 0.429. The Kier molecular flexibility index (Phi) is 6.08. The summed E-state index contributed by atoms with van der Waals surface area (Å²) >= 11 is 1.60. The van der Waals surface area contributed by atoms with Crippen molar-refractivity contribution in [2.75, 3.05) is 23.8 Å². The van der Waals surface area contributed by atoms with Crippen LogP contribution < -0.4 is 10.6 Å². The number of hydrogen-bond acceptors (Lipinski definition) is 9. The second-order valence-corrected chi connectivity index (χ2v) is 8.60. The van der Waals surface area contributed by atoms with E-state index in [0.29, 0.717) is 24.7 Å². The van der Waals surface area contributed by atoms with Crippen molar-refractivity contribution < 1.29 is 15.3 Å². The van der Waals surface area contributed by atoms with E-state index in [1.807, 2.05) is 19.1 Å². The minimum absolute atomic E-state index is 0.105. The van der Waals surface area contributed by atoms with Gasteiger partial charge in [-0.05, 0) is 19.4 Å². The van der Waals surface area contributed by atoms with Crippen LogP contribution in [0.4, 0.5) is 11.8 Å². The van der Waals surface area contributed by atoms with Gasteiger partial charge in [0.2, 0.25) is 5.95 Å². The number of aliphatic imine (C=N–C) groups is 1. The number of allylic oxidation sites excluding steroid dienone is 1. The molecule has 1 saturated carbocycles. The molecule has 5 atom stereocenters. The van der Waals surface area contributed by atoms with Crippen molar-refractivity contribution in [3.8, 4) is 0 Å². The Morgan fingerprint density at radius 1 is 1.33 bits per heavy atom. The number of nitrogens with one attached hydrogen (secondary N) is 2. The van der Waals surface area contributed by atoms with E-state index in [4.69, 9.17) is 4.99 Å². The molecule has 158 valence electrons. The molecule has 0 amide bonds. The van der Waals surface area contributed by atoms with Gasteiger partial charge in [0.1, 0.15) is 22.7 Å². The summed E-state index contributed by atoms with van der Waals surface area (Å²) in [7, 11) is 0. The van der Waals surface area contributed by atoms with Crippen molar-refractivity contribution in [3.05, 3.63) is 53.6 Å². The minimum atomic E-state index is -1.01. The van der Waals surface area contributed by atoms with Crippen molar-refractivity contribution in [1.82, 2.24) is 9.97 Å². The predicted molar refractivity (Wildman–Crippen MR) is 119 cm³/mol. The largest absolute Gasteiger partial charge is 0.396 e.